The molecule has 1 fully saturated rings. The van der Waals surface area contributed by atoms with Gasteiger partial charge in [0, 0.05) is 32.6 Å². The van der Waals surface area contributed by atoms with Crippen LogP contribution in [0.5, 0.6) is 5.75 Å². The van der Waals surface area contributed by atoms with Crippen LogP contribution in [0.15, 0.2) is 39.2 Å². The lowest BCUT2D eigenvalue weighted by molar-refractivity contribution is -0.143. The molecule has 0 radical (unpaired) electrons. The SMILES string of the molecule is CC(C)C[C@H](NC(=O)CNC(=O)[C@@H]1CCCN1C(=O)[C@H](CCCN=C(N)N)NC(=O)[C@H](CCCN=C(N)N)NC(=O)[C@H](C)NC(=O)[C@H](CCCN=C(N)N)NC(=O)[C@H](CCC(=O)O)NC(=O)[C@@H](N)Cc1ccc(O)cc1)C(=O)O. The number of carboxylic acid groups (broad SMARTS) is 2. The van der Waals surface area contributed by atoms with Crippen LogP contribution in [0.4, 0.5) is 0 Å². The summed E-state index contributed by atoms with van der Waals surface area (Å²) in [5.74, 6) is -10.0. The number of amides is 8. The van der Waals surface area contributed by atoms with Gasteiger partial charge in [-0.3, -0.25) is 58.1 Å². The molecule has 31 heteroatoms. The van der Waals surface area contributed by atoms with Crippen LogP contribution in [0, 0.1) is 5.92 Å². The number of hydrogen-bond acceptors (Lipinski definition) is 15. The number of phenolic OH excluding ortho intramolecular Hbond substituents is 1. The molecule has 0 unspecified atom stereocenters. The lowest BCUT2D eigenvalue weighted by atomic mass is 10.0. The number of likely N-dealkylation sites (tertiary alicyclic amines) is 1. The summed E-state index contributed by atoms with van der Waals surface area (Å²) in [7, 11) is 0. The Labute approximate surface area is 456 Å². The van der Waals surface area contributed by atoms with Crippen molar-refractivity contribution in [1.29, 1.82) is 0 Å². The van der Waals surface area contributed by atoms with E-state index < -0.39 is 127 Å². The Bertz CT molecular complexity index is 2340. The molecule has 79 heavy (non-hydrogen) atoms. The van der Waals surface area contributed by atoms with Gasteiger partial charge in [-0.2, -0.15) is 0 Å². The molecule has 0 bridgehead atoms. The van der Waals surface area contributed by atoms with Crippen molar-refractivity contribution >= 4 is 77.1 Å². The first-order chi connectivity index (χ1) is 37.2. The zero-order valence-corrected chi connectivity index (χ0v) is 44.8. The van der Waals surface area contributed by atoms with Gasteiger partial charge in [-0.15, -0.1) is 0 Å². The first-order valence-corrected chi connectivity index (χ1v) is 25.7. The van der Waals surface area contributed by atoms with Crippen molar-refractivity contribution in [3.63, 3.8) is 0 Å². The third-order valence-corrected chi connectivity index (χ3v) is 12.1. The number of hydrogen-bond donors (Lipinski definition) is 17. The number of phenols is 1. The van der Waals surface area contributed by atoms with E-state index >= 15 is 0 Å². The van der Waals surface area contributed by atoms with E-state index in [2.05, 4.69) is 52.2 Å². The zero-order chi connectivity index (χ0) is 59.4. The Kier molecular flexibility index (Phi) is 28.9. The third kappa shape index (κ3) is 25.9. The molecule has 8 atom stereocenters. The Morgan fingerprint density at radius 1 is 0.620 bits per heavy atom. The Balaban J connectivity index is 2.37. The standard InChI is InChI=1S/C48H80N18O13/c1-25(2)22-34(45(78)79)61-36(68)24-59-43(76)35-11-7-21-66(35)44(77)33(10-6-20-58-48(54)55)65-41(74)31(9-5-19-57-47(52)53)62-38(71)26(3)60-40(73)30(8-4-18-56-46(50)51)64-42(75)32(16-17-37(69)70)63-39(72)29(49)23-27-12-14-28(67)15-13-27/h12-15,25-26,29-35,67H,4-11,16-24,49H2,1-3H3,(H,59,76)(H,60,73)(H,61,68)(H,62,71)(H,63,72)(H,64,75)(H,65,74)(H,69,70)(H,78,79)(H4,50,51,56)(H4,52,53,57)(H4,54,55,58)/t26-,29-,30-,31-,32-,33-,34-,35-/m0/s1. The van der Waals surface area contributed by atoms with Gasteiger partial charge in [0.25, 0.3) is 0 Å². The van der Waals surface area contributed by atoms with E-state index in [0.717, 1.165) is 0 Å². The van der Waals surface area contributed by atoms with Crippen LogP contribution in [0.25, 0.3) is 0 Å². The van der Waals surface area contributed by atoms with Crippen LogP contribution in [0.2, 0.25) is 0 Å². The number of aliphatic imine (C=N–C) groups is 3. The van der Waals surface area contributed by atoms with Gasteiger partial charge in [0.1, 0.15) is 48.0 Å². The van der Waals surface area contributed by atoms with E-state index in [1.165, 1.54) is 36.1 Å². The summed E-state index contributed by atoms with van der Waals surface area (Å²) >= 11 is 0. The molecule has 1 aliphatic heterocycles. The van der Waals surface area contributed by atoms with Crippen LogP contribution < -0.4 is 77.4 Å². The second-order valence-electron chi connectivity index (χ2n) is 19.2. The van der Waals surface area contributed by atoms with Crippen molar-refractivity contribution in [2.24, 2.45) is 61.0 Å². The number of aromatic hydroxyl groups is 1. The van der Waals surface area contributed by atoms with Gasteiger partial charge < -0.3 is 97.6 Å². The summed E-state index contributed by atoms with van der Waals surface area (Å²) in [6.45, 7) is 4.38. The second-order valence-corrected chi connectivity index (χ2v) is 19.2. The number of rotatable bonds is 35. The van der Waals surface area contributed by atoms with Crippen molar-refractivity contribution in [2.45, 2.75) is 146 Å². The monoisotopic (exact) mass is 1120 g/mol. The van der Waals surface area contributed by atoms with Gasteiger partial charge in [-0.1, -0.05) is 26.0 Å². The first-order valence-electron chi connectivity index (χ1n) is 25.7. The van der Waals surface area contributed by atoms with Gasteiger partial charge >= 0.3 is 11.9 Å². The molecular weight excluding hydrogens is 1040 g/mol. The second kappa shape index (κ2) is 34.3. The molecule has 1 aromatic rings. The van der Waals surface area contributed by atoms with E-state index in [1.54, 1.807) is 13.8 Å². The Morgan fingerprint density at radius 2 is 1.09 bits per heavy atom. The van der Waals surface area contributed by atoms with E-state index in [9.17, 15) is 63.3 Å². The van der Waals surface area contributed by atoms with Crippen LogP contribution in [-0.4, -0.2) is 178 Å². The van der Waals surface area contributed by atoms with Gasteiger partial charge in [0.15, 0.2) is 17.9 Å². The predicted octanol–water partition coefficient (Wildman–Crippen LogP) is -5.55. The molecule has 1 aromatic carbocycles. The van der Waals surface area contributed by atoms with Crippen molar-refractivity contribution in [2.75, 3.05) is 32.7 Å². The summed E-state index contributed by atoms with van der Waals surface area (Å²) in [6, 6.07) is -4.76. The highest BCUT2D eigenvalue weighted by Gasteiger charge is 2.39. The number of benzene rings is 1. The molecule has 0 saturated carbocycles. The average molecular weight is 1120 g/mol. The molecule has 8 amide bonds. The number of nitrogens with zero attached hydrogens (tertiary/aromatic N) is 4. The summed E-state index contributed by atoms with van der Waals surface area (Å²) < 4.78 is 0. The highest BCUT2D eigenvalue weighted by molar-refractivity contribution is 5.98. The Morgan fingerprint density at radius 3 is 1.58 bits per heavy atom. The molecular formula is C48H80N18O13. The van der Waals surface area contributed by atoms with Crippen molar-refractivity contribution < 1.29 is 63.3 Å². The molecule has 1 saturated heterocycles. The summed E-state index contributed by atoms with van der Waals surface area (Å²) in [5, 5.41) is 46.1. The van der Waals surface area contributed by atoms with Gasteiger partial charge in [0.05, 0.1) is 12.6 Å². The fourth-order valence-electron chi connectivity index (χ4n) is 8.05. The van der Waals surface area contributed by atoms with E-state index in [0.29, 0.717) is 12.0 Å². The number of guanidine groups is 3. The minimum absolute atomic E-state index is 0.00269. The largest absolute Gasteiger partial charge is 0.508 e. The van der Waals surface area contributed by atoms with Crippen molar-refractivity contribution in [1.82, 2.24) is 42.1 Å². The first kappa shape index (κ1) is 66.6. The fourth-order valence-corrected chi connectivity index (χ4v) is 8.05. The van der Waals surface area contributed by atoms with Crippen LogP contribution in [0.3, 0.4) is 0 Å². The number of nitrogens with one attached hydrogen (secondary N) is 7. The van der Waals surface area contributed by atoms with Crippen molar-refractivity contribution in [3.05, 3.63) is 29.8 Å². The van der Waals surface area contributed by atoms with E-state index in [4.69, 9.17) is 40.1 Å². The summed E-state index contributed by atoms with van der Waals surface area (Å²) in [4.78, 5) is 146. The zero-order valence-electron chi connectivity index (χ0n) is 44.8. The van der Waals surface area contributed by atoms with Gasteiger partial charge in [-0.05, 0) is 101 Å². The minimum atomic E-state index is -1.51. The maximum atomic E-state index is 14.3. The maximum absolute atomic E-state index is 14.3. The number of carbonyl (C=O) groups is 10. The molecule has 31 nitrogen and oxygen atoms in total. The van der Waals surface area contributed by atoms with Gasteiger partial charge in [0.2, 0.25) is 47.3 Å². The number of carbonyl (C=O) groups excluding carboxylic acids is 8. The molecule has 1 heterocycles. The molecule has 0 spiro atoms. The van der Waals surface area contributed by atoms with Crippen LogP contribution in [0.1, 0.15) is 97.0 Å². The number of carboxylic acids is 2. The summed E-state index contributed by atoms with van der Waals surface area (Å²) in [6.07, 6.45) is -0.282. The van der Waals surface area contributed by atoms with Gasteiger partial charge in [-0.25, -0.2) is 4.79 Å². The molecule has 0 aromatic heterocycles. The lowest BCUT2D eigenvalue weighted by Gasteiger charge is -2.30. The van der Waals surface area contributed by atoms with E-state index in [-0.39, 0.29) is 114 Å². The molecule has 0 aliphatic carbocycles. The molecule has 440 valence electrons. The minimum Gasteiger partial charge on any atom is -0.508 e. The maximum Gasteiger partial charge on any atom is 0.326 e. The number of nitrogens with two attached hydrogens (primary N) is 7. The highest BCUT2D eigenvalue weighted by Crippen LogP contribution is 2.20. The molecule has 24 N–H and O–H groups in total. The predicted molar refractivity (Wildman–Crippen MR) is 288 cm³/mol. The van der Waals surface area contributed by atoms with Crippen LogP contribution >= 0.6 is 0 Å². The molecule has 2 rings (SSSR count). The normalized spacial score (nSPS) is 15.5. The molecule has 1 aliphatic rings. The van der Waals surface area contributed by atoms with Crippen LogP contribution in [-0.2, 0) is 54.4 Å². The van der Waals surface area contributed by atoms with Crippen molar-refractivity contribution in [3.8, 4) is 5.75 Å². The van der Waals surface area contributed by atoms with E-state index in [1.807, 2.05) is 0 Å². The highest BCUT2D eigenvalue weighted by atomic mass is 16.4. The third-order valence-electron chi connectivity index (χ3n) is 12.1. The quantitative estimate of drug-likeness (QED) is 0.0171. The lowest BCUT2D eigenvalue weighted by Crippen LogP contribution is -2.59. The smallest absolute Gasteiger partial charge is 0.326 e. The number of aliphatic carboxylic acids is 2. The average Bonchev–Trinajstić information content (AvgIpc) is 3.89. The Hall–Kier alpha value is -8.51. The summed E-state index contributed by atoms with van der Waals surface area (Å²) in [5.41, 5.74) is 39.6. The topological polar surface area (TPSA) is 538 Å². The fraction of sp³-hybridized carbons (Fsp3) is 0.604.